The summed E-state index contributed by atoms with van der Waals surface area (Å²) in [4.78, 5) is 28.9. The number of aromatic nitrogens is 4. The Bertz CT molecular complexity index is 911. The minimum Gasteiger partial charge on any atom is -0.462 e. The fourth-order valence-electron chi connectivity index (χ4n) is 5.38. The Morgan fingerprint density at radius 1 is 1.13 bits per heavy atom. The summed E-state index contributed by atoms with van der Waals surface area (Å²) in [6.45, 7) is 6.61. The summed E-state index contributed by atoms with van der Waals surface area (Å²) in [5.74, 6) is 1.21. The van der Waals surface area contributed by atoms with Crippen LogP contribution in [-0.4, -0.2) is 56.4 Å². The first-order valence-corrected chi connectivity index (χ1v) is 11.9. The number of fused-ring (bicyclic) bond motifs is 2. The van der Waals surface area contributed by atoms with Crippen LogP contribution in [0, 0.1) is 0 Å². The molecule has 0 N–H and O–H groups in total. The van der Waals surface area contributed by atoms with Crippen molar-refractivity contribution >= 4 is 5.78 Å². The second-order valence-electron chi connectivity index (χ2n) is 8.75. The number of nitrogens with zero attached hydrogens (tertiary/aromatic N) is 5. The maximum atomic E-state index is 12.9. The molecule has 7 heteroatoms. The lowest BCUT2D eigenvalue weighted by atomic mass is 9.67. The number of ether oxygens (including phenoxy) is 1. The molecule has 0 radical (unpaired) electrons. The predicted octanol–water partition coefficient (Wildman–Crippen LogP) is 4.01. The molecule has 0 aromatic carbocycles. The highest BCUT2D eigenvalue weighted by Crippen LogP contribution is 2.44. The van der Waals surface area contributed by atoms with Gasteiger partial charge in [-0.15, -0.1) is 0 Å². The summed E-state index contributed by atoms with van der Waals surface area (Å²) in [7, 11) is 2.14. The molecule has 2 fully saturated rings. The van der Waals surface area contributed by atoms with E-state index in [1.54, 1.807) is 6.20 Å². The van der Waals surface area contributed by atoms with Crippen molar-refractivity contribution in [2.75, 3.05) is 20.2 Å². The largest absolute Gasteiger partial charge is 0.462 e. The standard InChI is InChI=1S/C22H29N5O2.C2H6/c1-26-12-4-6-16(26)15-29-21-23-11-8-17(25-21)20-24-14-18-22(10-5-13-27(18)20)9-3-2-7-19(22)28;1-2/h8,11,14,16H,2-7,9-10,12-13,15H2,1H3;1-2H3. The van der Waals surface area contributed by atoms with Crippen molar-refractivity contribution in [1.29, 1.82) is 0 Å². The van der Waals surface area contributed by atoms with Gasteiger partial charge in [-0.3, -0.25) is 4.79 Å². The van der Waals surface area contributed by atoms with Gasteiger partial charge in [-0.1, -0.05) is 20.3 Å². The zero-order chi connectivity index (χ0) is 21.8. The van der Waals surface area contributed by atoms with Crippen LogP contribution in [0.15, 0.2) is 18.5 Å². The molecule has 0 bridgehead atoms. The van der Waals surface area contributed by atoms with E-state index in [0.29, 0.717) is 30.9 Å². The number of likely N-dealkylation sites (N-methyl/N-ethyl adjacent to an activating group) is 1. The zero-order valence-electron chi connectivity index (χ0n) is 19.1. The van der Waals surface area contributed by atoms with E-state index in [0.717, 1.165) is 68.8 Å². The van der Waals surface area contributed by atoms with Crippen LogP contribution in [0.2, 0.25) is 0 Å². The second kappa shape index (κ2) is 9.47. The predicted molar refractivity (Wildman–Crippen MR) is 120 cm³/mol. The summed E-state index contributed by atoms with van der Waals surface area (Å²) < 4.78 is 8.13. The van der Waals surface area contributed by atoms with Gasteiger partial charge in [0.15, 0.2) is 5.82 Å². The fourth-order valence-corrected chi connectivity index (χ4v) is 5.38. The highest BCUT2D eigenvalue weighted by Gasteiger charge is 2.45. The van der Waals surface area contributed by atoms with Crippen LogP contribution in [0.4, 0.5) is 0 Å². The number of Topliss-reactive ketones (excluding diaryl/α,β-unsaturated/α-hetero) is 1. The van der Waals surface area contributed by atoms with Gasteiger partial charge in [0.1, 0.15) is 18.1 Å². The van der Waals surface area contributed by atoms with Crippen molar-refractivity contribution in [2.24, 2.45) is 0 Å². The summed E-state index contributed by atoms with van der Waals surface area (Å²) in [6, 6.07) is 2.71. The van der Waals surface area contributed by atoms with Crippen molar-refractivity contribution < 1.29 is 9.53 Å². The van der Waals surface area contributed by atoms with Gasteiger partial charge in [-0.05, 0) is 58.2 Å². The summed E-state index contributed by atoms with van der Waals surface area (Å²) >= 11 is 0. The number of rotatable bonds is 4. The molecule has 2 aliphatic heterocycles. The number of hydrogen-bond donors (Lipinski definition) is 0. The molecular formula is C24H35N5O2. The van der Waals surface area contributed by atoms with Crippen LogP contribution in [0.5, 0.6) is 6.01 Å². The maximum Gasteiger partial charge on any atom is 0.317 e. The van der Waals surface area contributed by atoms with Crippen molar-refractivity contribution in [3.05, 3.63) is 24.2 Å². The lowest BCUT2D eigenvalue weighted by Crippen LogP contribution is -2.43. The van der Waals surface area contributed by atoms with Gasteiger partial charge < -0.3 is 14.2 Å². The molecule has 1 spiro atoms. The van der Waals surface area contributed by atoms with Crippen molar-refractivity contribution in [3.8, 4) is 17.5 Å². The Kier molecular flexibility index (Phi) is 6.70. The van der Waals surface area contributed by atoms with Crippen LogP contribution >= 0.6 is 0 Å². The monoisotopic (exact) mass is 425 g/mol. The van der Waals surface area contributed by atoms with E-state index in [1.807, 2.05) is 26.1 Å². The molecule has 168 valence electrons. The van der Waals surface area contributed by atoms with Gasteiger partial charge in [0.2, 0.25) is 0 Å². The Balaban J connectivity index is 0.00000112. The number of ketones is 1. The Morgan fingerprint density at radius 3 is 2.74 bits per heavy atom. The zero-order valence-corrected chi connectivity index (χ0v) is 19.1. The minimum absolute atomic E-state index is 0.332. The Hall–Kier alpha value is -2.28. The molecule has 1 saturated heterocycles. The molecule has 3 aliphatic rings. The lowest BCUT2D eigenvalue weighted by molar-refractivity contribution is -0.127. The highest BCUT2D eigenvalue weighted by atomic mass is 16.5. The Morgan fingerprint density at radius 2 is 1.97 bits per heavy atom. The second-order valence-corrected chi connectivity index (χ2v) is 8.75. The van der Waals surface area contributed by atoms with Gasteiger partial charge >= 0.3 is 6.01 Å². The molecule has 31 heavy (non-hydrogen) atoms. The molecule has 2 aromatic heterocycles. The summed E-state index contributed by atoms with van der Waals surface area (Å²) in [6.07, 6.45) is 11.7. The molecule has 2 unspecified atom stereocenters. The molecule has 5 rings (SSSR count). The molecule has 2 atom stereocenters. The quantitative estimate of drug-likeness (QED) is 0.737. The van der Waals surface area contributed by atoms with Crippen molar-refractivity contribution in [3.63, 3.8) is 0 Å². The van der Waals surface area contributed by atoms with Gasteiger partial charge in [0, 0.05) is 31.4 Å². The number of carbonyl (C=O) groups excluding carboxylic acids is 1. The third-order valence-corrected chi connectivity index (χ3v) is 7.06. The van der Waals surface area contributed by atoms with Gasteiger partial charge in [0.05, 0.1) is 11.1 Å². The summed E-state index contributed by atoms with van der Waals surface area (Å²) in [5, 5.41) is 0. The van der Waals surface area contributed by atoms with Gasteiger partial charge in [0.25, 0.3) is 0 Å². The normalized spacial score (nSPS) is 25.8. The molecule has 1 aliphatic carbocycles. The SMILES string of the molecule is CC.CN1CCCC1COc1nccc(-c2ncc3n2CCCC32CCCCC2=O)n1. The number of carbonyl (C=O) groups is 1. The third kappa shape index (κ3) is 4.12. The van der Waals surface area contributed by atoms with E-state index >= 15 is 0 Å². The van der Waals surface area contributed by atoms with Crippen LogP contribution in [-0.2, 0) is 16.8 Å². The maximum absolute atomic E-state index is 12.9. The van der Waals surface area contributed by atoms with E-state index in [9.17, 15) is 4.79 Å². The first-order valence-electron chi connectivity index (χ1n) is 11.9. The number of hydrogen-bond acceptors (Lipinski definition) is 6. The smallest absolute Gasteiger partial charge is 0.317 e. The number of likely N-dealkylation sites (tertiary alicyclic amines) is 1. The van der Waals surface area contributed by atoms with Gasteiger partial charge in [-0.2, -0.15) is 4.98 Å². The first-order chi connectivity index (χ1) is 15.2. The third-order valence-electron chi connectivity index (χ3n) is 7.06. The van der Waals surface area contributed by atoms with E-state index in [2.05, 4.69) is 26.5 Å². The topological polar surface area (TPSA) is 73.1 Å². The van der Waals surface area contributed by atoms with E-state index in [-0.39, 0.29) is 5.41 Å². The Labute approximate surface area is 185 Å². The number of imidazole rings is 1. The van der Waals surface area contributed by atoms with Crippen molar-refractivity contribution in [2.45, 2.75) is 83.2 Å². The highest BCUT2D eigenvalue weighted by molar-refractivity contribution is 5.90. The van der Waals surface area contributed by atoms with Crippen LogP contribution in [0.25, 0.3) is 11.5 Å². The van der Waals surface area contributed by atoms with Crippen LogP contribution in [0.1, 0.15) is 70.9 Å². The molecule has 2 aromatic rings. The van der Waals surface area contributed by atoms with Crippen molar-refractivity contribution in [1.82, 2.24) is 24.4 Å². The molecule has 0 amide bonds. The van der Waals surface area contributed by atoms with E-state index in [1.165, 1.54) is 6.42 Å². The average Bonchev–Trinajstić information content (AvgIpc) is 3.43. The summed E-state index contributed by atoms with van der Waals surface area (Å²) in [5.41, 5.74) is 1.51. The molecule has 1 saturated carbocycles. The molecule has 4 heterocycles. The lowest BCUT2D eigenvalue weighted by Gasteiger charge is -2.39. The first kappa shape index (κ1) is 21.9. The minimum atomic E-state index is -0.332. The van der Waals surface area contributed by atoms with E-state index in [4.69, 9.17) is 9.72 Å². The molecule has 7 nitrogen and oxygen atoms in total. The van der Waals surface area contributed by atoms with Gasteiger partial charge in [-0.25, -0.2) is 9.97 Å². The van der Waals surface area contributed by atoms with Crippen LogP contribution < -0.4 is 4.74 Å². The molecular weight excluding hydrogens is 390 g/mol. The fraction of sp³-hybridized carbons (Fsp3) is 0.667. The van der Waals surface area contributed by atoms with E-state index < -0.39 is 0 Å². The average molecular weight is 426 g/mol. The van der Waals surface area contributed by atoms with Crippen LogP contribution in [0.3, 0.4) is 0 Å².